The van der Waals surface area contributed by atoms with E-state index in [0.717, 1.165) is 12.8 Å². The van der Waals surface area contributed by atoms with Crippen LogP contribution in [-0.2, 0) is 6.73 Å². The Morgan fingerprint density at radius 1 is 1.25 bits per heavy atom. The molecule has 1 fully saturated rings. The van der Waals surface area contributed by atoms with E-state index in [1.54, 1.807) is 35.1 Å². The first kappa shape index (κ1) is 17.1. The number of halogens is 2. The van der Waals surface area contributed by atoms with Gasteiger partial charge in [-0.2, -0.15) is 5.10 Å². The van der Waals surface area contributed by atoms with E-state index in [2.05, 4.69) is 10.4 Å². The molecule has 1 aliphatic carbocycles. The van der Waals surface area contributed by atoms with Crippen molar-refractivity contribution < 1.29 is 9.53 Å². The number of aromatic nitrogens is 2. The molecule has 0 aliphatic heterocycles. The molecule has 0 atom stereocenters. The van der Waals surface area contributed by atoms with E-state index in [0.29, 0.717) is 21.5 Å². The maximum Gasteiger partial charge on any atom is 0.271 e. The first-order valence-electron chi connectivity index (χ1n) is 8.04. The highest BCUT2D eigenvalue weighted by molar-refractivity contribution is 6.35. The highest BCUT2D eigenvalue weighted by Crippen LogP contribution is 2.27. The summed E-state index contributed by atoms with van der Waals surface area (Å²) in [5, 5.41) is 8.28. The van der Waals surface area contributed by atoms with Crippen LogP contribution >= 0.6 is 23.2 Å². The van der Waals surface area contributed by atoms with Crippen molar-refractivity contribution in [2.75, 3.05) is 0 Å². The predicted molar refractivity (Wildman–Crippen MR) is 93.7 cm³/mol. The van der Waals surface area contributed by atoms with E-state index in [4.69, 9.17) is 27.9 Å². The quantitative estimate of drug-likeness (QED) is 0.857. The molecule has 1 aromatic carbocycles. The Morgan fingerprint density at radius 3 is 2.79 bits per heavy atom. The van der Waals surface area contributed by atoms with E-state index in [1.165, 1.54) is 19.3 Å². The van der Waals surface area contributed by atoms with Crippen molar-refractivity contribution in [2.45, 2.75) is 44.9 Å². The normalized spacial score (nSPS) is 15.2. The summed E-state index contributed by atoms with van der Waals surface area (Å²) in [5.41, 5.74) is 0.395. The Bertz CT molecular complexity index is 712. The molecule has 0 unspecified atom stereocenters. The van der Waals surface area contributed by atoms with Gasteiger partial charge in [-0.15, -0.1) is 0 Å². The van der Waals surface area contributed by atoms with E-state index < -0.39 is 0 Å². The molecule has 0 saturated heterocycles. The SMILES string of the molecule is O=C(NC1CCCCC1)c1ccn(COc2ccc(Cl)cc2Cl)n1. The molecular weight excluding hydrogens is 349 g/mol. The van der Waals surface area contributed by atoms with Gasteiger partial charge in [0.05, 0.1) is 5.02 Å². The molecule has 1 N–H and O–H groups in total. The zero-order chi connectivity index (χ0) is 16.9. The molecule has 1 heterocycles. The third kappa shape index (κ3) is 4.42. The molecule has 128 valence electrons. The van der Waals surface area contributed by atoms with Crippen LogP contribution < -0.4 is 10.1 Å². The summed E-state index contributed by atoms with van der Waals surface area (Å²) < 4.78 is 7.16. The van der Waals surface area contributed by atoms with Crippen molar-refractivity contribution in [3.8, 4) is 5.75 Å². The summed E-state index contributed by atoms with van der Waals surface area (Å²) in [4.78, 5) is 12.2. The number of nitrogens with one attached hydrogen (secondary N) is 1. The first-order valence-corrected chi connectivity index (χ1v) is 8.79. The van der Waals surface area contributed by atoms with Crippen molar-refractivity contribution >= 4 is 29.1 Å². The fraction of sp³-hybridized carbons (Fsp3) is 0.412. The van der Waals surface area contributed by atoms with Crippen molar-refractivity contribution in [3.63, 3.8) is 0 Å². The second-order valence-electron chi connectivity index (χ2n) is 5.90. The Kier molecular flexibility index (Phi) is 5.63. The van der Waals surface area contributed by atoms with Crippen molar-refractivity contribution in [1.82, 2.24) is 15.1 Å². The lowest BCUT2D eigenvalue weighted by Crippen LogP contribution is -2.36. The summed E-state index contributed by atoms with van der Waals surface area (Å²) in [6.45, 7) is 0.165. The Balaban J connectivity index is 1.55. The highest BCUT2D eigenvalue weighted by Gasteiger charge is 2.18. The van der Waals surface area contributed by atoms with E-state index in [-0.39, 0.29) is 18.7 Å². The zero-order valence-electron chi connectivity index (χ0n) is 13.2. The van der Waals surface area contributed by atoms with Crippen LogP contribution in [0.25, 0.3) is 0 Å². The van der Waals surface area contributed by atoms with Crippen molar-refractivity contribution in [3.05, 3.63) is 46.2 Å². The largest absolute Gasteiger partial charge is 0.470 e. The lowest BCUT2D eigenvalue weighted by molar-refractivity contribution is 0.0920. The van der Waals surface area contributed by atoms with E-state index in [9.17, 15) is 4.79 Å². The average molecular weight is 368 g/mol. The van der Waals surface area contributed by atoms with Gasteiger partial charge >= 0.3 is 0 Å². The topological polar surface area (TPSA) is 56.2 Å². The Labute approximate surface area is 150 Å². The molecule has 3 rings (SSSR count). The van der Waals surface area contributed by atoms with Crippen LogP contribution in [0.1, 0.15) is 42.6 Å². The number of carbonyl (C=O) groups is 1. The second kappa shape index (κ2) is 7.90. The van der Waals surface area contributed by atoms with Crippen LogP contribution in [0.15, 0.2) is 30.5 Å². The van der Waals surface area contributed by atoms with Gasteiger partial charge in [-0.3, -0.25) is 4.79 Å². The fourth-order valence-corrected chi connectivity index (χ4v) is 3.25. The number of rotatable bonds is 5. The minimum atomic E-state index is -0.134. The van der Waals surface area contributed by atoms with Crippen LogP contribution in [0.2, 0.25) is 10.0 Å². The van der Waals surface area contributed by atoms with Gasteiger partial charge in [0.25, 0.3) is 5.91 Å². The number of nitrogens with zero attached hydrogens (tertiary/aromatic N) is 2. The fourth-order valence-electron chi connectivity index (χ4n) is 2.79. The number of ether oxygens (including phenoxy) is 1. The van der Waals surface area contributed by atoms with Crippen LogP contribution in [0.3, 0.4) is 0 Å². The molecule has 0 spiro atoms. The van der Waals surface area contributed by atoms with Crippen molar-refractivity contribution in [1.29, 1.82) is 0 Å². The Hall–Kier alpha value is -1.72. The number of benzene rings is 1. The molecule has 1 saturated carbocycles. The van der Waals surface area contributed by atoms with Gasteiger partial charge in [0.2, 0.25) is 0 Å². The summed E-state index contributed by atoms with van der Waals surface area (Å²) in [5.74, 6) is 0.384. The number of carbonyl (C=O) groups excluding carboxylic acids is 1. The van der Waals surface area contributed by atoms with Gasteiger partial charge < -0.3 is 10.1 Å². The Morgan fingerprint density at radius 2 is 2.04 bits per heavy atom. The van der Waals surface area contributed by atoms with Gasteiger partial charge in [-0.1, -0.05) is 42.5 Å². The molecular formula is C17H19Cl2N3O2. The molecule has 2 aromatic rings. The van der Waals surface area contributed by atoms with Crippen molar-refractivity contribution in [2.24, 2.45) is 0 Å². The average Bonchev–Trinajstić information content (AvgIpc) is 3.04. The summed E-state index contributed by atoms with van der Waals surface area (Å²) in [6, 6.07) is 6.97. The molecule has 5 nitrogen and oxygen atoms in total. The smallest absolute Gasteiger partial charge is 0.271 e. The summed E-state index contributed by atoms with van der Waals surface area (Å²) in [6.07, 6.45) is 7.41. The minimum absolute atomic E-state index is 0.134. The lowest BCUT2D eigenvalue weighted by atomic mass is 9.95. The number of amides is 1. The van der Waals surface area contributed by atoms with Crippen LogP contribution in [-0.4, -0.2) is 21.7 Å². The minimum Gasteiger partial charge on any atom is -0.470 e. The van der Waals surface area contributed by atoms with Gasteiger partial charge in [-0.05, 0) is 37.1 Å². The van der Waals surface area contributed by atoms with Gasteiger partial charge in [-0.25, -0.2) is 4.68 Å². The standard InChI is InChI=1S/C17H19Cl2N3O2/c18-12-6-7-16(14(19)10-12)24-11-22-9-8-15(21-22)17(23)20-13-4-2-1-3-5-13/h6-10,13H,1-5,11H2,(H,20,23). The lowest BCUT2D eigenvalue weighted by Gasteiger charge is -2.22. The maximum atomic E-state index is 12.2. The molecule has 1 amide bonds. The molecule has 1 aliphatic rings. The van der Waals surface area contributed by atoms with E-state index >= 15 is 0 Å². The molecule has 7 heteroatoms. The summed E-state index contributed by atoms with van der Waals surface area (Å²) >= 11 is 11.9. The maximum absolute atomic E-state index is 12.2. The predicted octanol–water partition coefficient (Wildman–Crippen LogP) is 4.29. The van der Waals surface area contributed by atoms with Crippen LogP contribution in [0.5, 0.6) is 5.75 Å². The zero-order valence-corrected chi connectivity index (χ0v) is 14.7. The summed E-state index contributed by atoms with van der Waals surface area (Å²) in [7, 11) is 0. The van der Waals surface area contributed by atoms with E-state index in [1.807, 2.05) is 0 Å². The molecule has 0 radical (unpaired) electrons. The van der Waals surface area contributed by atoms with Gasteiger partial charge in [0.1, 0.15) is 11.4 Å². The van der Waals surface area contributed by atoms with Crippen LogP contribution in [0, 0.1) is 0 Å². The third-order valence-corrected chi connectivity index (χ3v) is 4.59. The number of hydrogen-bond acceptors (Lipinski definition) is 3. The molecule has 0 bridgehead atoms. The third-order valence-electron chi connectivity index (χ3n) is 4.06. The molecule has 1 aromatic heterocycles. The monoisotopic (exact) mass is 367 g/mol. The highest BCUT2D eigenvalue weighted by atomic mass is 35.5. The van der Waals surface area contributed by atoms with Gasteiger partial charge in [0, 0.05) is 17.3 Å². The molecule has 24 heavy (non-hydrogen) atoms. The second-order valence-corrected chi connectivity index (χ2v) is 6.74. The first-order chi connectivity index (χ1) is 11.6. The van der Waals surface area contributed by atoms with Crippen LogP contribution in [0.4, 0.5) is 0 Å². The number of hydrogen-bond donors (Lipinski definition) is 1. The van der Waals surface area contributed by atoms with Gasteiger partial charge in [0.15, 0.2) is 6.73 Å².